The zero-order valence-corrected chi connectivity index (χ0v) is 12.7. The van der Waals surface area contributed by atoms with Crippen LogP contribution in [0.15, 0.2) is 24.3 Å². The minimum Gasteiger partial charge on any atom is -0.497 e. The fourth-order valence-electron chi connectivity index (χ4n) is 2.59. The molecule has 1 atom stereocenters. The summed E-state index contributed by atoms with van der Waals surface area (Å²) in [6, 6.07) is 8.44. The maximum Gasteiger partial charge on any atom is 0.118 e. The van der Waals surface area contributed by atoms with Gasteiger partial charge in [0.05, 0.1) is 7.11 Å². The third-order valence-corrected chi connectivity index (χ3v) is 4.22. The Balaban J connectivity index is 1.74. The monoisotopic (exact) mass is 311 g/mol. The van der Waals surface area contributed by atoms with Crippen LogP contribution < -0.4 is 4.74 Å². The molecule has 0 spiro atoms. The highest BCUT2D eigenvalue weighted by Crippen LogP contribution is 2.20. The zero-order chi connectivity index (χ0) is 12.8. The van der Waals surface area contributed by atoms with E-state index in [4.69, 9.17) is 4.74 Å². The number of nitrogens with zero attached hydrogens (tertiary/aromatic N) is 1. The largest absolute Gasteiger partial charge is 0.497 e. The fourth-order valence-corrected chi connectivity index (χ4v) is 3.23. The second kappa shape index (κ2) is 7.15. The van der Waals surface area contributed by atoms with Crippen molar-refractivity contribution < 1.29 is 4.74 Å². The Hall–Kier alpha value is -0.540. The number of hydrogen-bond acceptors (Lipinski definition) is 2. The van der Waals surface area contributed by atoms with Gasteiger partial charge < -0.3 is 9.64 Å². The van der Waals surface area contributed by atoms with Crippen LogP contribution in [0, 0.1) is 5.92 Å². The first-order valence-electron chi connectivity index (χ1n) is 6.73. The molecule has 1 unspecified atom stereocenters. The van der Waals surface area contributed by atoms with Crippen LogP contribution in [-0.4, -0.2) is 37.0 Å². The van der Waals surface area contributed by atoms with Crippen molar-refractivity contribution >= 4 is 15.9 Å². The van der Waals surface area contributed by atoms with E-state index in [2.05, 4.69) is 33.0 Å². The van der Waals surface area contributed by atoms with Crippen LogP contribution >= 0.6 is 15.9 Å². The Kier molecular flexibility index (Phi) is 5.51. The van der Waals surface area contributed by atoms with Crippen molar-refractivity contribution in [3.8, 4) is 5.75 Å². The summed E-state index contributed by atoms with van der Waals surface area (Å²) in [7, 11) is 1.71. The second-order valence-corrected chi connectivity index (χ2v) is 5.82. The summed E-state index contributed by atoms with van der Waals surface area (Å²) in [5, 5.41) is 1.14. The van der Waals surface area contributed by atoms with Crippen molar-refractivity contribution in [1.82, 2.24) is 4.90 Å². The Labute approximate surface area is 118 Å². The SMILES string of the molecule is COc1ccc(CCN2CCC(CCBr)C2)cc1. The lowest BCUT2D eigenvalue weighted by atomic mass is 10.1. The van der Waals surface area contributed by atoms with E-state index in [1.165, 1.54) is 38.0 Å². The molecule has 0 bridgehead atoms. The smallest absolute Gasteiger partial charge is 0.118 e. The standard InChI is InChI=1S/C15H22BrNO/c1-18-15-4-2-13(3-5-15)7-10-17-11-8-14(12-17)6-9-16/h2-5,14H,6-12H2,1H3. The number of hydrogen-bond donors (Lipinski definition) is 0. The van der Waals surface area contributed by atoms with E-state index >= 15 is 0 Å². The van der Waals surface area contributed by atoms with Crippen LogP contribution in [0.1, 0.15) is 18.4 Å². The highest BCUT2D eigenvalue weighted by molar-refractivity contribution is 9.09. The van der Waals surface area contributed by atoms with E-state index in [1.54, 1.807) is 7.11 Å². The first-order chi connectivity index (χ1) is 8.81. The van der Waals surface area contributed by atoms with E-state index in [-0.39, 0.29) is 0 Å². The molecule has 1 aliphatic rings. The van der Waals surface area contributed by atoms with Crippen LogP contribution in [0.25, 0.3) is 0 Å². The average molecular weight is 312 g/mol. The normalized spacial score (nSPS) is 20.2. The first kappa shape index (κ1) is 13.9. The third kappa shape index (κ3) is 3.99. The van der Waals surface area contributed by atoms with Gasteiger partial charge in [-0.2, -0.15) is 0 Å². The van der Waals surface area contributed by atoms with Gasteiger partial charge >= 0.3 is 0 Å². The minimum atomic E-state index is 0.903. The van der Waals surface area contributed by atoms with Crippen LogP contribution in [-0.2, 0) is 6.42 Å². The molecular formula is C15H22BrNO. The van der Waals surface area contributed by atoms with Gasteiger partial charge in [0.1, 0.15) is 5.75 Å². The van der Waals surface area contributed by atoms with Crippen molar-refractivity contribution in [1.29, 1.82) is 0 Å². The van der Waals surface area contributed by atoms with Gasteiger partial charge in [-0.25, -0.2) is 0 Å². The zero-order valence-electron chi connectivity index (χ0n) is 11.1. The number of benzene rings is 1. The molecule has 0 aromatic heterocycles. The summed E-state index contributed by atoms with van der Waals surface area (Å²) >= 11 is 3.54. The lowest BCUT2D eigenvalue weighted by molar-refractivity contribution is 0.327. The van der Waals surface area contributed by atoms with Crippen molar-refractivity contribution in [2.75, 3.05) is 32.1 Å². The van der Waals surface area contributed by atoms with E-state index in [9.17, 15) is 0 Å². The van der Waals surface area contributed by atoms with Gasteiger partial charge in [0.25, 0.3) is 0 Å². The molecule has 1 aromatic carbocycles. The van der Waals surface area contributed by atoms with Gasteiger partial charge in [0.2, 0.25) is 0 Å². The highest BCUT2D eigenvalue weighted by atomic mass is 79.9. The van der Waals surface area contributed by atoms with E-state index in [1.807, 2.05) is 12.1 Å². The minimum absolute atomic E-state index is 0.903. The molecule has 1 fully saturated rings. The number of halogens is 1. The Bertz CT molecular complexity index is 352. The quantitative estimate of drug-likeness (QED) is 0.747. The lowest BCUT2D eigenvalue weighted by Gasteiger charge is -2.15. The Morgan fingerprint density at radius 3 is 2.78 bits per heavy atom. The molecule has 0 N–H and O–H groups in total. The second-order valence-electron chi connectivity index (χ2n) is 5.03. The van der Waals surface area contributed by atoms with Gasteiger partial charge in [-0.05, 0) is 49.4 Å². The van der Waals surface area contributed by atoms with Crippen molar-refractivity contribution in [3.63, 3.8) is 0 Å². The summed E-state index contributed by atoms with van der Waals surface area (Å²) < 4.78 is 5.17. The molecular weight excluding hydrogens is 290 g/mol. The van der Waals surface area contributed by atoms with Crippen LogP contribution in [0.5, 0.6) is 5.75 Å². The van der Waals surface area contributed by atoms with Gasteiger partial charge in [0.15, 0.2) is 0 Å². The Morgan fingerprint density at radius 1 is 1.33 bits per heavy atom. The van der Waals surface area contributed by atoms with Crippen LogP contribution in [0.4, 0.5) is 0 Å². The first-order valence-corrected chi connectivity index (χ1v) is 7.85. The molecule has 100 valence electrons. The summed E-state index contributed by atoms with van der Waals surface area (Å²) in [5.41, 5.74) is 1.40. The molecule has 0 amide bonds. The summed E-state index contributed by atoms with van der Waals surface area (Å²) in [4.78, 5) is 2.59. The third-order valence-electron chi connectivity index (χ3n) is 3.76. The maximum atomic E-state index is 5.17. The van der Waals surface area contributed by atoms with Gasteiger partial charge in [-0.1, -0.05) is 28.1 Å². The molecule has 2 rings (SSSR count). The van der Waals surface area contributed by atoms with Crippen molar-refractivity contribution in [2.45, 2.75) is 19.3 Å². The van der Waals surface area contributed by atoms with Crippen molar-refractivity contribution in [2.24, 2.45) is 5.92 Å². The molecule has 2 nitrogen and oxygen atoms in total. The number of rotatable bonds is 6. The predicted molar refractivity (Wildman–Crippen MR) is 79.7 cm³/mol. The molecule has 0 aliphatic carbocycles. The lowest BCUT2D eigenvalue weighted by Crippen LogP contribution is -2.23. The molecule has 1 aliphatic heterocycles. The summed E-state index contributed by atoms with van der Waals surface area (Å²) in [6.45, 7) is 3.74. The fraction of sp³-hybridized carbons (Fsp3) is 0.600. The number of likely N-dealkylation sites (tertiary alicyclic amines) is 1. The molecule has 0 radical (unpaired) electrons. The number of ether oxygens (including phenoxy) is 1. The van der Waals surface area contributed by atoms with Crippen LogP contribution in [0.2, 0.25) is 0 Å². The number of methoxy groups -OCH3 is 1. The van der Waals surface area contributed by atoms with Gasteiger partial charge in [0, 0.05) is 18.4 Å². The average Bonchev–Trinajstić information content (AvgIpc) is 2.85. The molecule has 1 heterocycles. The Morgan fingerprint density at radius 2 is 2.11 bits per heavy atom. The highest BCUT2D eigenvalue weighted by Gasteiger charge is 2.21. The maximum absolute atomic E-state index is 5.17. The van der Waals surface area contributed by atoms with Gasteiger partial charge in [-0.3, -0.25) is 0 Å². The molecule has 18 heavy (non-hydrogen) atoms. The van der Waals surface area contributed by atoms with E-state index < -0.39 is 0 Å². The molecule has 1 saturated heterocycles. The number of alkyl halides is 1. The van der Waals surface area contributed by atoms with Crippen LogP contribution in [0.3, 0.4) is 0 Å². The topological polar surface area (TPSA) is 12.5 Å². The summed E-state index contributed by atoms with van der Waals surface area (Å²) in [5.74, 6) is 1.84. The van der Waals surface area contributed by atoms with Gasteiger partial charge in [-0.15, -0.1) is 0 Å². The molecule has 0 saturated carbocycles. The predicted octanol–water partition coefficient (Wildman–Crippen LogP) is 3.34. The van der Waals surface area contributed by atoms with Crippen molar-refractivity contribution in [3.05, 3.63) is 29.8 Å². The molecule has 1 aromatic rings. The van der Waals surface area contributed by atoms with E-state index in [0.29, 0.717) is 0 Å². The van der Waals surface area contributed by atoms with E-state index in [0.717, 1.165) is 23.4 Å². The molecule has 3 heteroatoms. The summed E-state index contributed by atoms with van der Waals surface area (Å²) in [6.07, 6.45) is 3.83.